The molecule has 1 N–H and O–H groups in total. The second-order valence-corrected chi connectivity index (χ2v) is 5.85. The van der Waals surface area contributed by atoms with Gasteiger partial charge in [0.1, 0.15) is 0 Å². The molecule has 2 rings (SSSR count). The van der Waals surface area contributed by atoms with Crippen molar-refractivity contribution in [2.45, 2.75) is 45.7 Å². The van der Waals surface area contributed by atoms with Gasteiger partial charge < -0.3 is 10.2 Å². The van der Waals surface area contributed by atoms with E-state index in [1.165, 1.54) is 11.1 Å². The van der Waals surface area contributed by atoms with Crippen molar-refractivity contribution in [2.75, 3.05) is 13.1 Å². The van der Waals surface area contributed by atoms with Crippen molar-refractivity contribution >= 4 is 17.5 Å². The molecule has 110 valence electrons. The number of fused-ring (bicyclic) bond motifs is 1. The number of carbonyl (C=O) groups is 1. The minimum Gasteiger partial charge on any atom is -0.342 e. The van der Waals surface area contributed by atoms with E-state index in [2.05, 4.69) is 11.4 Å². The Hall–Kier alpha value is -1.06. The average molecular weight is 295 g/mol. The van der Waals surface area contributed by atoms with Gasteiger partial charge in [0.2, 0.25) is 5.91 Å². The summed E-state index contributed by atoms with van der Waals surface area (Å²) in [7, 11) is 0. The van der Waals surface area contributed by atoms with Crippen LogP contribution in [0, 0.1) is 0 Å². The molecule has 20 heavy (non-hydrogen) atoms. The third-order valence-corrected chi connectivity index (χ3v) is 4.27. The van der Waals surface area contributed by atoms with Crippen LogP contribution < -0.4 is 5.32 Å². The Morgan fingerprint density at radius 2 is 2.00 bits per heavy atom. The maximum absolute atomic E-state index is 12.3. The lowest BCUT2D eigenvalue weighted by Gasteiger charge is -2.25. The third kappa shape index (κ3) is 3.33. The Labute approximate surface area is 126 Å². The number of halogens is 1. The standard InChI is InChI=1S/C16H23ClN2O/c1-4-19(5-2)16(20)11(3)18-15-9-12-6-7-14(17)8-13(12)10-15/h6-8,11,15,18H,4-5,9-10H2,1-3H3. The summed E-state index contributed by atoms with van der Waals surface area (Å²) in [5, 5.41) is 4.25. The first-order valence-electron chi connectivity index (χ1n) is 7.37. The Kier molecular flexibility index (Phi) is 5.06. The third-order valence-electron chi connectivity index (χ3n) is 4.03. The van der Waals surface area contributed by atoms with Gasteiger partial charge in [-0.15, -0.1) is 0 Å². The fourth-order valence-electron chi connectivity index (χ4n) is 2.94. The molecule has 0 aromatic heterocycles. The normalized spacial score (nSPS) is 18.7. The molecule has 0 spiro atoms. The van der Waals surface area contributed by atoms with Crippen molar-refractivity contribution < 1.29 is 4.79 Å². The molecule has 0 heterocycles. The SMILES string of the molecule is CCN(CC)C(=O)C(C)NC1Cc2ccc(Cl)cc2C1. The van der Waals surface area contributed by atoms with Gasteiger partial charge in [0.05, 0.1) is 6.04 Å². The summed E-state index contributed by atoms with van der Waals surface area (Å²) in [5.41, 5.74) is 2.65. The largest absolute Gasteiger partial charge is 0.342 e. The van der Waals surface area contributed by atoms with Gasteiger partial charge in [0.25, 0.3) is 0 Å². The maximum Gasteiger partial charge on any atom is 0.239 e. The summed E-state index contributed by atoms with van der Waals surface area (Å²) in [6.07, 6.45) is 1.92. The summed E-state index contributed by atoms with van der Waals surface area (Å²) in [6.45, 7) is 7.52. The molecule has 4 heteroatoms. The number of rotatable bonds is 5. The van der Waals surface area contributed by atoms with E-state index in [1.54, 1.807) is 0 Å². The van der Waals surface area contributed by atoms with Crippen LogP contribution in [0.3, 0.4) is 0 Å². The highest BCUT2D eigenvalue weighted by atomic mass is 35.5. The van der Waals surface area contributed by atoms with Crippen LogP contribution in [0.2, 0.25) is 5.02 Å². The van der Waals surface area contributed by atoms with E-state index in [0.717, 1.165) is 31.0 Å². The van der Waals surface area contributed by atoms with Crippen LogP contribution in [0.25, 0.3) is 0 Å². The fourth-order valence-corrected chi connectivity index (χ4v) is 3.13. The molecular formula is C16H23ClN2O. The summed E-state index contributed by atoms with van der Waals surface area (Å²) in [5.74, 6) is 0.184. The van der Waals surface area contributed by atoms with Crippen LogP contribution in [0.15, 0.2) is 18.2 Å². The van der Waals surface area contributed by atoms with Crippen LogP contribution in [-0.4, -0.2) is 36.0 Å². The van der Waals surface area contributed by atoms with E-state index in [0.29, 0.717) is 6.04 Å². The molecule has 0 fully saturated rings. The lowest BCUT2D eigenvalue weighted by Crippen LogP contribution is -2.48. The number of nitrogens with one attached hydrogen (secondary N) is 1. The zero-order chi connectivity index (χ0) is 14.7. The predicted molar refractivity (Wildman–Crippen MR) is 83.2 cm³/mol. The molecule has 1 aliphatic rings. The Morgan fingerprint density at radius 3 is 2.65 bits per heavy atom. The van der Waals surface area contributed by atoms with E-state index in [-0.39, 0.29) is 11.9 Å². The molecule has 1 aromatic carbocycles. The van der Waals surface area contributed by atoms with Crippen molar-refractivity contribution in [3.63, 3.8) is 0 Å². The molecule has 1 aromatic rings. The van der Waals surface area contributed by atoms with Gasteiger partial charge in [-0.25, -0.2) is 0 Å². The molecule has 1 amide bonds. The molecule has 2 unspecified atom stereocenters. The summed E-state index contributed by atoms with van der Waals surface area (Å²) < 4.78 is 0. The molecule has 0 radical (unpaired) electrons. The van der Waals surface area contributed by atoms with Crippen LogP contribution in [0.1, 0.15) is 31.9 Å². The number of carbonyl (C=O) groups excluding carboxylic acids is 1. The van der Waals surface area contributed by atoms with Crippen LogP contribution in [0.4, 0.5) is 0 Å². The summed E-state index contributed by atoms with van der Waals surface area (Å²) >= 11 is 6.03. The highest BCUT2D eigenvalue weighted by Gasteiger charge is 2.26. The zero-order valence-corrected chi connectivity index (χ0v) is 13.2. The quantitative estimate of drug-likeness (QED) is 0.905. The second-order valence-electron chi connectivity index (χ2n) is 5.42. The molecule has 3 nitrogen and oxygen atoms in total. The smallest absolute Gasteiger partial charge is 0.239 e. The van der Waals surface area contributed by atoms with Crippen molar-refractivity contribution in [1.29, 1.82) is 0 Å². The minimum absolute atomic E-state index is 0.135. The number of hydrogen-bond donors (Lipinski definition) is 1. The first-order chi connectivity index (χ1) is 9.55. The van der Waals surface area contributed by atoms with Gasteiger partial charge in [-0.3, -0.25) is 4.79 Å². The highest BCUT2D eigenvalue weighted by Crippen LogP contribution is 2.25. The van der Waals surface area contributed by atoms with Gasteiger partial charge in [0.15, 0.2) is 0 Å². The van der Waals surface area contributed by atoms with Crippen LogP contribution in [-0.2, 0) is 17.6 Å². The Balaban J connectivity index is 1.94. The summed E-state index contributed by atoms with van der Waals surface area (Å²) in [4.78, 5) is 14.1. The lowest BCUT2D eigenvalue weighted by molar-refractivity contribution is -0.132. The van der Waals surface area contributed by atoms with Crippen molar-refractivity contribution in [3.8, 4) is 0 Å². The number of nitrogens with zero attached hydrogens (tertiary/aromatic N) is 1. The molecular weight excluding hydrogens is 272 g/mol. The molecule has 0 bridgehead atoms. The van der Waals surface area contributed by atoms with Gasteiger partial charge in [-0.05, 0) is 56.9 Å². The number of likely N-dealkylation sites (N-methyl/N-ethyl adjacent to an activating group) is 1. The van der Waals surface area contributed by atoms with Gasteiger partial charge >= 0.3 is 0 Å². The summed E-state index contributed by atoms with van der Waals surface area (Å²) in [6, 6.07) is 6.27. The predicted octanol–water partition coefficient (Wildman–Crippen LogP) is 2.65. The van der Waals surface area contributed by atoms with E-state index < -0.39 is 0 Å². The van der Waals surface area contributed by atoms with E-state index in [4.69, 9.17) is 11.6 Å². The van der Waals surface area contributed by atoms with Crippen LogP contribution >= 0.6 is 11.6 Å². The van der Waals surface area contributed by atoms with E-state index in [1.807, 2.05) is 37.8 Å². The molecule has 0 saturated heterocycles. The van der Waals surface area contributed by atoms with Gasteiger partial charge in [0, 0.05) is 24.2 Å². The number of benzene rings is 1. The highest BCUT2D eigenvalue weighted by molar-refractivity contribution is 6.30. The zero-order valence-electron chi connectivity index (χ0n) is 12.4. The number of amides is 1. The Bertz CT molecular complexity index is 485. The molecule has 2 atom stereocenters. The topological polar surface area (TPSA) is 32.3 Å². The molecule has 0 aliphatic heterocycles. The van der Waals surface area contributed by atoms with E-state index >= 15 is 0 Å². The van der Waals surface area contributed by atoms with Gasteiger partial charge in [-0.2, -0.15) is 0 Å². The first-order valence-corrected chi connectivity index (χ1v) is 7.75. The van der Waals surface area contributed by atoms with Crippen molar-refractivity contribution in [3.05, 3.63) is 34.3 Å². The van der Waals surface area contributed by atoms with Crippen molar-refractivity contribution in [1.82, 2.24) is 10.2 Å². The minimum atomic E-state index is -0.135. The van der Waals surface area contributed by atoms with E-state index in [9.17, 15) is 4.79 Å². The fraction of sp³-hybridized carbons (Fsp3) is 0.562. The first kappa shape index (κ1) is 15.3. The number of hydrogen-bond acceptors (Lipinski definition) is 2. The maximum atomic E-state index is 12.3. The van der Waals surface area contributed by atoms with Gasteiger partial charge in [-0.1, -0.05) is 17.7 Å². The monoisotopic (exact) mass is 294 g/mol. The van der Waals surface area contributed by atoms with Crippen molar-refractivity contribution in [2.24, 2.45) is 0 Å². The molecule has 1 aliphatic carbocycles. The lowest BCUT2D eigenvalue weighted by atomic mass is 10.1. The molecule has 0 saturated carbocycles. The average Bonchev–Trinajstić information content (AvgIpc) is 2.81. The van der Waals surface area contributed by atoms with Crippen LogP contribution in [0.5, 0.6) is 0 Å². The Morgan fingerprint density at radius 1 is 1.35 bits per heavy atom. The second kappa shape index (κ2) is 6.59.